The van der Waals surface area contributed by atoms with Crippen molar-refractivity contribution in [1.29, 1.82) is 0 Å². The van der Waals surface area contributed by atoms with Crippen molar-refractivity contribution in [3.05, 3.63) is 28.8 Å². The highest BCUT2D eigenvalue weighted by atomic mass is 35.5. The molecular weight excluding hydrogens is 272 g/mol. The van der Waals surface area contributed by atoms with Crippen LogP contribution in [0, 0.1) is 0 Å². The maximum atomic E-state index is 10.2. The summed E-state index contributed by atoms with van der Waals surface area (Å²) in [6, 6.07) is 6.22. The van der Waals surface area contributed by atoms with Crippen LogP contribution in [0.5, 0.6) is 0 Å². The molecule has 0 amide bonds. The average Bonchev–Trinajstić information content (AvgIpc) is 2.46. The maximum absolute atomic E-state index is 10.2. The van der Waals surface area contributed by atoms with Gasteiger partial charge in [0.1, 0.15) is 0 Å². The normalized spacial score (nSPS) is 22.8. The van der Waals surface area contributed by atoms with Gasteiger partial charge in [0.2, 0.25) is 0 Å². The zero-order valence-electron chi connectivity index (χ0n) is 12.4. The summed E-state index contributed by atoms with van der Waals surface area (Å²) < 4.78 is 0. The van der Waals surface area contributed by atoms with Crippen LogP contribution in [0.2, 0.25) is 5.02 Å². The van der Waals surface area contributed by atoms with Gasteiger partial charge in [-0.3, -0.25) is 0 Å². The summed E-state index contributed by atoms with van der Waals surface area (Å²) in [6.07, 6.45) is 4.03. The Morgan fingerprint density at radius 3 is 2.80 bits per heavy atom. The van der Waals surface area contributed by atoms with Gasteiger partial charge in [0.25, 0.3) is 0 Å². The Balaban J connectivity index is 2.22. The second-order valence-electron chi connectivity index (χ2n) is 5.58. The van der Waals surface area contributed by atoms with Crippen LogP contribution in [-0.4, -0.2) is 30.8 Å². The summed E-state index contributed by atoms with van der Waals surface area (Å²) >= 11 is 6.16. The van der Waals surface area contributed by atoms with Crippen LogP contribution < -0.4 is 10.2 Å². The largest absolute Gasteiger partial charge is 0.391 e. The number of hydrogen-bond acceptors (Lipinski definition) is 3. The molecule has 2 unspecified atom stereocenters. The molecule has 0 spiro atoms. The quantitative estimate of drug-likeness (QED) is 0.876. The number of benzene rings is 1. The zero-order chi connectivity index (χ0) is 14.5. The van der Waals surface area contributed by atoms with E-state index in [0.29, 0.717) is 0 Å². The number of aliphatic hydroxyl groups is 1. The van der Waals surface area contributed by atoms with Gasteiger partial charge in [-0.15, -0.1) is 0 Å². The van der Waals surface area contributed by atoms with E-state index in [0.717, 1.165) is 43.1 Å². The van der Waals surface area contributed by atoms with Gasteiger partial charge in [0, 0.05) is 24.3 Å². The minimum Gasteiger partial charge on any atom is -0.391 e. The van der Waals surface area contributed by atoms with Crippen LogP contribution in [0.15, 0.2) is 18.2 Å². The molecule has 1 fully saturated rings. The van der Waals surface area contributed by atoms with Gasteiger partial charge < -0.3 is 15.3 Å². The molecule has 4 heteroatoms. The Hall–Kier alpha value is -0.770. The number of likely N-dealkylation sites (N-methyl/N-ethyl adjacent to an activating group) is 1. The van der Waals surface area contributed by atoms with Crippen molar-refractivity contribution < 1.29 is 5.11 Å². The highest BCUT2D eigenvalue weighted by Crippen LogP contribution is 2.30. The Morgan fingerprint density at radius 1 is 1.35 bits per heavy atom. The summed E-state index contributed by atoms with van der Waals surface area (Å²) in [5.74, 6) is 0. The first-order valence-corrected chi connectivity index (χ1v) is 7.91. The van der Waals surface area contributed by atoms with Crippen LogP contribution in [-0.2, 0) is 6.54 Å². The van der Waals surface area contributed by atoms with Crippen molar-refractivity contribution in [3.8, 4) is 0 Å². The molecule has 2 rings (SSSR count). The highest BCUT2D eigenvalue weighted by molar-refractivity contribution is 6.30. The van der Waals surface area contributed by atoms with Crippen LogP contribution >= 0.6 is 11.6 Å². The monoisotopic (exact) mass is 296 g/mol. The fourth-order valence-electron chi connectivity index (χ4n) is 3.00. The number of nitrogens with zero attached hydrogens (tertiary/aromatic N) is 1. The van der Waals surface area contributed by atoms with Crippen molar-refractivity contribution in [3.63, 3.8) is 0 Å². The fourth-order valence-corrected chi connectivity index (χ4v) is 3.16. The maximum Gasteiger partial charge on any atom is 0.0743 e. The van der Waals surface area contributed by atoms with Gasteiger partial charge in [-0.2, -0.15) is 0 Å². The lowest BCUT2D eigenvalue weighted by molar-refractivity contribution is 0.106. The average molecular weight is 297 g/mol. The van der Waals surface area contributed by atoms with Crippen molar-refractivity contribution >= 4 is 17.3 Å². The van der Waals surface area contributed by atoms with E-state index in [2.05, 4.69) is 30.3 Å². The molecule has 2 atom stereocenters. The van der Waals surface area contributed by atoms with Gasteiger partial charge in [-0.1, -0.05) is 37.4 Å². The van der Waals surface area contributed by atoms with E-state index < -0.39 is 0 Å². The first-order valence-electron chi connectivity index (χ1n) is 7.53. The molecule has 0 heterocycles. The summed E-state index contributed by atoms with van der Waals surface area (Å²) in [5, 5.41) is 14.4. The number of nitrogens with one attached hydrogen (secondary N) is 1. The van der Waals surface area contributed by atoms with E-state index in [1.54, 1.807) is 0 Å². The lowest BCUT2D eigenvalue weighted by Gasteiger charge is -2.37. The number of aliphatic hydroxyl groups excluding tert-OH is 1. The number of rotatable bonds is 5. The van der Waals surface area contributed by atoms with Gasteiger partial charge >= 0.3 is 0 Å². The van der Waals surface area contributed by atoms with Crippen LogP contribution in [0.1, 0.15) is 38.2 Å². The van der Waals surface area contributed by atoms with Gasteiger partial charge in [0.05, 0.1) is 12.1 Å². The zero-order valence-corrected chi connectivity index (χ0v) is 13.2. The van der Waals surface area contributed by atoms with E-state index in [1.807, 2.05) is 12.1 Å². The Morgan fingerprint density at radius 2 is 2.10 bits per heavy atom. The predicted octanol–water partition coefficient (Wildman–Crippen LogP) is 3.19. The standard InChI is InChI=1S/C16H25ClN2O/c1-3-18-11-12-8-9-13(17)10-15(12)19(2)14-6-4-5-7-16(14)20/h8-10,14,16,18,20H,3-7,11H2,1-2H3. The third-order valence-corrected chi connectivity index (χ3v) is 4.42. The molecule has 20 heavy (non-hydrogen) atoms. The first-order chi connectivity index (χ1) is 9.63. The minimum atomic E-state index is -0.236. The van der Waals surface area contributed by atoms with E-state index in [-0.39, 0.29) is 12.1 Å². The minimum absolute atomic E-state index is 0.197. The molecule has 1 aromatic rings. The number of anilines is 1. The van der Waals surface area contributed by atoms with Crippen LogP contribution in [0.4, 0.5) is 5.69 Å². The molecule has 1 aromatic carbocycles. The molecule has 0 aliphatic heterocycles. The smallest absolute Gasteiger partial charge is 0.0743 e. The highest BCUT2D eigenvalue weighted by Gasteiger charge is 2.27. The first kappa shape index (κ1) is 15.6. The van der Waals surface area contributed by atoms with Crippen LogP contribution in [0.3, 0.4) is 0 Å². The lowest BCUT2D eigenvalue weighted by atomic mass is 9.91. The summed E-state index contributed by atoms with van der Waals surface area (Å²) in [5.41, 5.74) is 2.36. The topological polar surface area (TPSA) is 35.5 Å². The fraction of sp³-hybridized carbons (Fsp3) is 0.625. The van der Waals surface area contributed by atoms with Gasteiger partial charge in [0.15, 0.2) is 0 Å². The Labute approximate surface area is 126 Å². The third-order valence-electron chi connectivity index (χ3n) is 4.18. The molecule has 1 saturated carbocycles. The predicted molar refractivity (Wildman–Crippen MR) is 85.5 cm³/mol. The lowest BCUT2D eigenvalue weighted by Crippen LogP contribution is -2.44. The van der Waals surface area contributed by atoms with E-state index in [9.17, 15) is 5.11 Å². The molecule has 2 N–H and O–H groups in total. The number of halogens is 1. The Kier molecular flexibility index (Phi) is 5.70. The summed E-state index contributed by atoms with van der Waals surface area (Å²) in [7, 11) is 2.07. The molecule has 1 aliphatic carbocycles. The molecule has 1 aliphatic rings. The molecule has 0 bridgehead atoms. The molecule has 112 valence electrons. The summed E-state index contributed by atoms with van der Waals surface area (Å²) in [4.78, 5) is 2.21. The van der Waals surface area contributed by atoms with Gasteiger partial charge in [-0.25, -0.2) is 0 Å². The van der Waals surface area contributed by atoms with Crippen molar-refractivity contribution in [2.75, 3.05) is 18.5 Å². The van der Waals surface area contributed by atoms with E-state index >= 15 is 0 Å². The van der Waals surface area contributed by atoms with Crippen molar-refractivity contribution in [1.82, 2.24) is 5.32 Å². The second kappa shape index (κ2) is 7.30. The molecule has 0 aromatic heterocycles. The van der Waals surface area contributed by atoms with Crippen LogP contribution in [0.25, 0.3) is 0 Å². The van der Waals surface area contributed by atoms with Gasteiger partial charge in [-0.05, 0) is 37.1 Å². The van der Waals surface area contributed by atoms with Crippen molar-refractivity contribution in [2.45, 2.75) is 51.3 Å². The second-order valence-corrected chi connectivity index (χ2v) is 6.02. The molecule has 3 nitrogen and oxygen atoms in total. The molecule has 0 saturated heterocycles. The third kappa shape index (κ3) is 3.66. The number of hydrogen-bond donors (Lipinski definition) is 2. The molecule has 0 radical (unpaired) electrons. The SMILES string of the molecule is CCNCc1ccc(Cl)cc1N(C)C1CCCCC1O. The van der Waals surface area contributed by atoms with E-state index in [1.165, 1.54) is 12.0 Å². The molecular formula is C16H25ClN2O. The van der Waals surface area contributed by atoms with Crippen molar-refractivity contribution in [2.24, 2.45) is 0 Å². The van der Waals surface area contributed by atoms with E-state index in [4.69, 9.17) is 11.6 Å². The summed E-state index contributed by atoms with van der Waals surface area (Å²) in [6.45, 7) is 3.87. The Bertz CT molecular complexity index is 438.